The maximum Gasteiger partial charge on any atom is 0.272 e. The van der Waals surface area contributed by atoms with Gasteiger partial charge in [0, 0.05) is 18.0 Å². The van der Waals surface area contributed by atoms with Crippen molar-refractivity contribution in [3.8, 4) is 0 Å². The van der Waals surface area contributed by atoms with E-state index >= 15 is 0 Å². The van der Waals surface area contributed by atoms with Crippen LogP contribution in [0.2, 0.25) is 0 Å². The van der Waals surface area contributed by atoms with Crippen molar-refractivity contribution in [1.82, 2.24) is 20.4 Å². The molecule has 6 rings (SSSR count). The molecule has 0 saturated carbocycles. The van der Waals surface area contributed by atoms with E-state index in [0.29, 0.717) is 22.6 Å². The quantitative estimate of drug-likeness (QED) is 0.617. The van der Waals surface area contributed by atoms with Gasteiger partial charge < -0.3 is 10.2 Å². The van der Waals surface area contributed by atoms with Gasteiger partial charge in [0.2, 0.25) is 0 Å². The van der Waals surface area contributed by atoms with Crippen LogP contribution in [0.15, 0.2) is 48.5 Å². The number of aromatic amines is 1. The lowest BCUT2D eigenvalue weighted by atomic mass is 9.84. The van der Waals surface area contributed by atoms with Gasteiger partial charge in [0.05, 0.1) is 17.0 Å². The summed E-state index contributed by atoms with van der Waals surface area (Å²) in [5, 5.41) is 10.9. The standard InChI is InChI=1S/C23H26N4O3S/c28-23(24-21-13-27-10-8-18(21)9-11-27)22-19-12-17(6-7-20(19)25-26-22)15-31(29,30)14-16-4-2-1-3-5-16/h1-7,12,18,21H,8-11,13-15H2,(H,24,28)(H,25,26)/t21-/m1/s1. The van der Waals surface area contributed by atoms with Gasteiger partial charge >= 0.3 is 0 Å². The van der Waals surface area contributed by atoms with Crippen LogP contribution in [0.4, 0.5) is 0 Å². The second kappa shape index (κ2) is 8.09. The number of hydrogen-bond acceptors (Lipinski definition) is 5. The Bertz CT molecular complexity index is 1200. The van der Waals surface area contributed by atoms with E-state index in [9.17, 15) is 13.2 Å². The van der Waals surface area contributed by atoms with E-state index < -0.39 is 9.84 Å². The molecule has 31 heavy (non-hydrogen) atoms. The minimum Gasteiger partial charge on any atom is -0.346 e. The summed E-state index contributed by atoms with van der Waals surface area (Å²) in [6.07, 6.45) is 2.24. The first-order valence-corrected chi connectivity index (χ1v) is 12.5. The number of hydrogen-bond donors (Lipinski definition) is 2. The van der Waals surface area contributed by atoms with Crippen LogP contribution in [0, 0.1) is 5.92 Å². The molecule has 2 N–H and O–H groups in total. The topological polar surface area (TPSA) is 95.2 Å². The van der Waals surface area contributed by atoms with Crippen LogP contribution in [0.5, 0.6) is 0 Å². The number of aromatic nitrogens is 2. The number of fused-ring (bicyclic) bond motifs is 4. The summed E-state index contributed by atoms with van der Waals surface area (Å²) in [7, 11) is -3.34. The summed E-state index contributed by atoms with van der Waals surface area (Å²) in [6, 6.07) is 14.7. The largest absolute Gasteiger partial charge is 0.346 e. The van der Waals surface area contributed by atoms with Crippen molar-refractivity contribution < 1.29 is 13.2 Å². The molecular formula is C23H26N4O3S. The van der Waals surface area contributed by atoms with Gasteiger partial charge in [0.25, 0.3) is 5.91 Å². The summed E-state index contributed by atoms with van der Waals surface area (Å²) in [4.78, 5) is 15.4. The summed E-state index contributed by atoms with van der Waals surface area (Å²) < 4.78 is 25.4. The summed E-state index contributed by atoms with van der Waals surface area (Å²) in [5.74, 6) is 0.237. The minimum atomic E-state index is -3.34. The van der Waals surface area contributed by atoms with Crippen molar-refractivity contribution >= 4 is 26.6 Å². The Kier molecular flexibility index (Phi) is 5.27. The molecule has 3 aliphatic rings. The Hall–Kier alpha value is -2.71. The molecule has 0 aliphatic carbocycles. The van der Waals surface area contributed by atoms with Crippen molar-refractivity contribution in [1.29, 1.82) is 0 Å². The summed E-state index contributed by atoms with van der Waals surface area (Å²) in [6.45, 7) is 3.12. The number of H-pyrrole nitrogens is 1. The third kappa shape index (κ3) is 4.36. The number of rotatable bonds is 6. The molecule has 1 amide bonds. The summed E-state index contributed by atoms with van der Waals surface area (Å²) >= 11 is 0. The molecule has 4 heterocycles. The molecule has 8 heteroatoms. The van der Waals surface area contributed by atoms with E-state index in [2.05, 4.69) is 20.4 Å². The van der Waals surface area contributed by atoms with Crippen LogP contribution in [0.3, 0.4) is 0 Å². The lowest BCUT2D eigenvalue weighted by Crippen LogP contribution is -2.57. The maximum absolute atomic E-state index is 13.0. The normalized spacial score (nSPS) is 23.2. The van der Waals surface area contributed by atoms with E-state index in [4.69, 9.17) is 0 Å². The maximum atomic E-state index is 13.0. The molecule has 2 aromatic carbocycles. The predicted molar refractivity (Wildman–Crippen MR) is 119 cm³/mol. The molecule has 3 fully saturated rings. The zero-order valence-corrected chi connectivity index (χ0v) is 18.1. The van der Waals surface area contributed by atoms with Crippen LogP contribution >= 0.6 is 0 Å². The highest BCUT2D eigenvalue weighted by Crippen LogP contribution is 2.28. The SMILES string of the molecule is O=C(N[C@@H]1CN2CCC1CC2)c1n[nH]c2ccc(CS(=O)(=O)Cc3ccccc3)cc12. The first kappa shape index (κ1) is 20.2. The second-order valence-corrected chi connectivity index (χ2v) is 10.8. The summed E-state index contributed by atoms with van der Waals surface area (Å²) in [5.41, 5.74) is 2.48. The fraction of sp³-hybridized carbons (Fsp3) is 0.391. The molecule has 1 atom stereocenters. The molecule has 0 spiro atoms. The molecule has 7 nitrogen and oxygen atoms in total. The molecule has 0 unspecified atom stereocenters. The highest BCUT2D eigenvalue weighted by atomic mass is 32.2. The van der Waals surface area contributed by atoms with E-state index in [1.165, 1.54) is 0 Å². The Morgan fingerprint density at radius 3 is 2.52 bits per heavy atom. The number of benzene rings is 2. The van der Waals surface area contributed by atoms with Crippen LogP contribution < -0.4 is 5.32 Å². The first-order valence-electron chi connectivity index (χ1n) is 10.7. The third-order valence-corrected chi connectivity index (χ3v) is 7.98. The van der Waals surface area contributed by atoms with Crippen LogP contribution in [-0.4, -0.2) is 55.1 Å². The molecular weight excluding hydrogens is 412 g/mol. The van der Waals surface area contributed by atoms with Crippen molar-refractivity contribution in [3.63, 3.8) is 0 Å². The van der Waals surface area contributed by atoms with Gasteiger partial charge in [-0.2, -0.15) is 5.10 Å². The van der Waals surface area contributed by atoms with Crippen molar-refractivity contribution in [3.05, 3.63) is 65.4 Å². The number of amides is 1. The third-order valence-electron chi connectivity index (χ3n) is 6.43. The number of piperidine rings is 3. The zero-order chi connectivity index (χ0) is 21.4. The number of carbonyl (C=O) groups is 1. The molecule has 3 aromatic rings. The Morgan fingerprint density at radius 2 is 1.81 bits per heavy atom. The number of sulfone groups is 1. The van der Waals surface area contributed by atoms with Gasteiger partial charge in [-0.25, -0.2) is 8.42 Å². The fourth-order valence-corrected chi connectivity index (χ4v) is 6.31. The van der Waals surface area contributed by atoms with Gasteiger partial charge in [-0.3, -0.25) is 9.89 Å². The molecule has 3 aliphatic heterocycles. The van der Waals surface area contributed by atoms with Gasteiger partial charge in [-0.05, 0) is 55.1 Å². The molecule has 0 radical (unpaired) electrons. The Morgan fingerprint density at radius 1 is 1.06 bits per heavy atom. The number of nitrogens with zero attached hydrogens (tertiary/aromatic N) is 2. The van der Waals surface area contributed by atoms with Gasteiger partial charge in [-0.15, -0.1) is 0 Å². The van der Waals surface area contributed by atoms with Gasteiger partial charge in [0.1, 0.15) is 0 Å². The van der Waals surface area contributed by atoms with Crippen LogP contribution in [-0.2, 0) is 21.3 Å². The molecule has 1 aromatic heterocycles. The molecule has 2 bridgehead atoms. The van der Waals surface area contributed by atoms with Gasteiger partial charge in [0.15, 0.2) is 15.5 Å². The number of carbonyl (C=O) groups excluding carboxylic acids is 1. The van der Waals surface area contributed by atoms with Crippen molar-refractivity contribution in [2.45, 2.75) is 30.4 Å². The van der Waals surface area contributed by atoms with E-state index in [0.717, 1.165) is 43.6 Å². The van der Waals surface area contributed by atoms with E-state index in [1.54, 1.807) is 18.2 Å². The zero-order valence-electron chi connectivity index (χ0n) is 17.3. The Labute approximate surface area is 181 Å². The highest BCUT2D eigenvalue weighted by Gasteiger charge is 2.35. The minimum absolute atomic E-state index is 0.00975. The average molecular weight is 439 g/mol. The predicted octanol–water partition coefficient (Wildman–Crippen LogP) is 2.50. The van der Waals surface area contributed by atoms with Crippen LogP contribution in [0.25, 0.3) is 10.9 Å². The molecule has 162 valence electrons. The molecule has 3 saturated heterocycles. The fourth-order valence-electron chi connectivity index (χ4n) is 4.82. The van der Waals surface area contributed by atoms with Gasteiger partial charge in [-0.1, -0.05) is 36.4 Å². The lowest BCUT2D eigenvalue weighted by Gasteiger charge is -2.44. The average Bonchev–Trinajstić information content (AvgIpc) is 3.18. The lowest BCUT2D eigenvalue weighted by molar-refractivity contribution is 0.0618. The van der Waals surface area contributed by atoms with E-state index in [1.807, 2.05) is 30.3 Å². The second-order valence-electron chi connectivity index (χ2n) is 8.69. The van der Waals surface area contributed by atoms with Crippen LogP contribution in [0.1, 0.15) is 34.5 Å². The van der Waals surface area contributed by atoms with Crippen molar-refractivity contribution in [2.75, 3.05) is 19.6 Å². The Balaban J connectivity index is 1.34. The van der Waals surface area contributed by atoms with E-state index in [-0.39, 0.29) is 23.5 Å². The number of nitrogens with one attached hydrogen (secondary N) is 2. The van der Waals surface area contributed by atoms with Crippen molar-refractivity contribution in [2.24, 2.45) is 5.92 Å². The monoisotopic (exact) mass is 438 g/mol. The smallest absolute Gasteiger partial charge is 0.272 e. The first-order chi connectivity index (χ1) is 15.0. The highest BCUT2D eigenvalue weighted by molar-refractivity contribution is 7.89.